The molecule has 24 heavy (non-hydrogen) atoms. The lowest BCUT2D eigenvalue weighted by atomic mass is 9.95. The Labute approximate surface area is 138 Å². The highest BCUT2D eigenvalue weighted by Gasteiger charge is 2.30. The number of carbonyl (C=O) groups is 1. The zero-order valence-corrected chi connectivity index (χ0v) is 13.3. The first-order chi connectivity index (χ1) is 11.5. The molecule has 2 aromatic rings. The van der Waals surface area contributed by atoms with Crippen LogP contribution >= 0.6 is 0 Å². The van der Waals surface area contributed by atoms with Crippen molar-refractivity contribution < 1.29 is 24.5 Å². The van der Waals surface area contributed by atoms with E-state index in [-0.39, 0.29) is 12.2 Å². The van der Waals surface area contributed by atoms with Crippen LogP contribution in [0.25, 0.3) is 0 Å². The number of methoxy groups -OCH3 is 2. The lowest BCUT2D eigenvalue weighted by Gasteiger charge is -2.34. The Balaban J connectivity index is 1.98. The van der Waals surface area contributed by atoms with Crippen molar-refractivity contribution in [2.75, 3.05) is 25.7 Å². The molecule has 3 rings (SSSR count). The van der Waals surface area contributed by atoms with Crippen molar-refractivity contribution in [1.82, 2.24) is 9.97 Å². The molecule has 0 radical (unpaired) electrons. The second kappa shape index (κ2) is 6.32. The molecule has 0 bridgehead atoms. The number of aromatic carboxylic acids is 1. The van der Waals surface area contributed by atoms with Gasteiger partial charge in [-0.1, -0.05) is 0 Å². The standard InChI is InChI=1S/C16H17N3O5/c1-23-12-3-4-13(24-2)15-9(12)7-19(8-11(15)20)14-6-17-10(5-18-14)16(21)22/h3-6,11,20H,7-8H2,1-2H3,(H,21,22). The summed E-state index contributed by atoms with van der Waals surface area (Å²) in [5.41, 5.74) is 1.37. The van der Waals surface area contributed by atoms with Gasteiger partial charge in [0.05, 0.1) is 33.2 Å². The van der Waals surface area contributed by atoms with E-state index in [2.05, 4.69) is 9.97 Å². The van der Waals surface area contributed by atoms with Gasteiger partial charge in [0.25, 0.3) is 0 Å². The number of nitrogens with zero attached hydrogens (tertiary/aromatic N) is 3. The summed E-state index contributed by atoms with van der Waals surface area (Å²) >= 11 is 0. The molecule has 0 saturated carbocycles. The minimum atomic E-state index is -1.13. The normalized spacial score (nSPS) is 16.5. The Morgan fingerprint density at radius 2 is 1.92 bits per heavy atom. The first-order valence-electron chi connectivity index (χ1n) is 7.27. The van der Waals surface area contributed by atoms with Crippen LogP contribution in [0.1, 0.15) is 27.7 Å². The Bertz CT molecular complexity index is 763. The van der Waals surface area contributed by atoms with Crippen molar-refractivity contribution in [2.45, 2.75) is 12.6 Å². The van der Waals surface area contributed by atoms with Crippen LogP contribution < -0.4 is 14.4 Å². The molecule has 0 aliphatic carbocycles. The van der Waals surface area contributed by atoms with Gasteiger partial charge >= 0.3 is 5.97 Å². The van der Waals surface area contributed by atoms with E-state index in [1.165, 1.54) is 12.4 Å². The van der Waals surface area contributed by atoms with E-state index in [0.717, 1.165) is 5.56 Å². The number of ether oxygens (including phenoxy) is 2. The van der Waals surface area contributed by atoms with Crippen LogP contribution in [0.5, 0.6) is 11.5 Å². The van der Waals surface area contributed by atoms with Gasteiger partial charge in [0, 0.05) is 17.7 Å². The van der Waals surface area contributed by atoms with E-state index in [4.69, 9.17) is 14.6 Å². The summed E-state index contributed by atoms with van der Waals surface area (Å²) < 4.78 is 10.7. The Kier molecular flexibility index (Phi) is 4.22. The van der Waals surface area contributed by atoms with Crippen LogP contribution in [-0.4, -0.2) is 46.9 Å². The zero-order chi connectivity index (χ0) is 17.3. The number of aliphatic hydroxyl groups excluding tert-OH is 1. The lowest BCUT2D eigenvalue weighted by molar-refractivity contribution is 0.0690. The summed E-state index contributed by atoms with van der Waals surface area (Å²) in [4.78, 5) is 20.7. The second-order valence-electron chi connectivity index (χ2n) is 5.32. The molecule has 126 valence electrons. The summed E-state index contributed by atoms with van der Waals surface area (Å²) in [6.07, 6.45) is 1.79. The predicted molar refractivity (Wildman–Crippen MR) is 84.5 cm³/mol. The van der Waals surface area contributed by atoms with Gasteiger partial charge in [-0.15, -0.1) is 0 Å². The molecule has 2 N–H and O–H groups in total. The maximum Gasteiger partial charge on any atom is 0.356 e. The molecule has 8 heteroatoms. The summed E-state index contributed by atoms with van der Waals surface area (Å²) in [5, 5.41) is 19.4. The van der Waals surface area contributed by atoms with Crippen molar-refractivity contribution in [2.24, 2.45) is 0 Å². The molecule has 0 amide bonds. The third-order valence-corrected chi connectivity index (χ3v) is 3.97. The highest BCUT2D eigenvalue weighted by molar-refractivity contribution is 5.84. The van der Waals surface area contributed by atoms with E-state index in [1.54, 1.807) is 26.4 Å². The molecule has 0 saturated heterocycles. The van der Waals surface area contributed by atoms with Crippen LogP contribution in [0.3, 0.4) is 0 Å². The number of rotatable bonds is 4. The van der Waals surface area contributed by atoms with E-state index in [0.29, 0.717) is 29.4 Å². The van der Waals surface area contributed by atoms with Gasteiger partial charge in [-0.3, -0.25) is 0 Å². The van der Waals surface area contributed by atoms with Crippen molar-refractivity contribution in [3.63, 3.8) is 0 Å². The van der Waals surface area contributed by atoms with Crippen LogP contribution in [0.4, 0.5) is 5.82 Å². The predicted octanol–water partition coefficient (Wildman–Crippen LogP) is 1.25. The molecule has 8 nitrogen and oxygen atoms in total. The fourth-order valence-electron chi connectivity index (χ4n) is 2.85. The molecule has 1 aromatic heterocycles. The van der Waals surface area contributed by atoms with Gasteiger partial charge in [0.2, 0.25) is 0 Å². The van der Waals surface area contributed by atoms with Gasteiger partial charge in [0.1, 0.15) is 23.4 Å². The topological polar surface area (TPSA) is 105 Å². The highest BCUT2D eigenvalue weighted by Crippen LogP contribution is 2.40. The number of aliphatic hydroxyl groups is 1. The van der Waals surface area contributed by atoms with Crippen LogP contribution in [0, 0.1) is 0 Å². The number of benzene rings is 1. The zero-order valence-electron chi connectivity index (χ0n) is 13.3. The third-order valence-electron chi connectivity index (χ3n) is 3.97. The molecule has 0 spiro atoms. The minimum Gasteiger partial charge on any atom is -0.496 e. The summed E-state index contributed by atoms with van der Waals surface area (Å²) in [5.74, 6) is 0.592. The monoisotopic (exact) mass is 331 g/mol. The molecule has 1 aliphatic rings. The number of aromatic nitrogens is 2. The van der Waals surface area contributed by atoms with Gasteiger partial charge in [0.15, 0.2) is 5.69 Å². The Hall–Kier alpha value is -2.87. The summed E-state index contributed by atoms with van der Waals surface area (Å²) in [6, 6.07) is 3.55. The highest BCUT2D eigenvalue weighted by atomic mass is 16.5. The number of hydrogen-bond acceptors (Lipinski definition) is 7. The molecular formula is C16H17N3O5. The van der Waals surface area contributed by atoms with E-state index in [1.807, 2.05) is 4.90 Å². The van der Waals surface area contributed by atoms with Crippen LogP contribution in [0.2, 0.25) is 0 Å². The number of carboxylic acid groups (broad SMARTS) is 1. The van der Waals surface area contributed by atoms with Crippen molar-refractivity contribution >= 4 is 11.8 Å². The molecule has 0 fully saturated rings. The fraction of sp³-hybridized carbons (Fsp3) is 0.312. The summed E-state index contributed by atoms with van der Waals surface area (Å²) in [6.45, 7) is 0.728. The first-order valence-corrected chi connectivity index (χ1v) is 7.27. The molecule has 1 aliphatic heterocycles. The SMILES string of the molecule is COc1ccc(OC)c2c1CN(c1cnc(C(=O)O)cn1)CC2O. The smallest absolute Gasteiger partial charge is 0.356 e. The largest absolute Gasteiger partial charge is 0.496 e. The molecule has 1 aromatic carbocycles. The maximum atomic E-state index is 10.9. The number of carboxylic acids is 1. The lowest BCUT2D eigenvalue weighted by Crippen LogP contribution is -2.34. The average Bonchev–Trinajstić information content (AvgIpc) is 2.60. The average molecular weight is 331 g/mol. The molecule has 1 unspecified atom stereocenters. The summed E-state index contributed by atoms with van der Waals surface area (Å²) in [7, 11) is 3.12. The maximum absolute atomic E-state index is 10.9. The Morgan fingerprint density at radius 1 is 1.21 bits per heavy atom. The minimum absolute atomic E-state index is 0.129. The molecule has 2 heterocycles. The quantitative estimate of drug-likeness (QED) is 0.862. The number of anilines is 1. The van der Waals surface area contributed by atoms with E-state index < -0.39 is 12.1 Å². The van der Waals surface area contributed by atoms with Crippen LogP contribution in [-0.2, 0) is 6.54 Å². The molecule has 1 atom stereocenters. The van der Waals surface area contributed by atoms with Crippen molar-refractivity contribution in [3.8, 4) is 11.5 Å². The first kappa shape index (κ1) is 16.0. The fourth-order valence-corrected chi connectivity index (χ4v) is 2.85. The van der Waals surface area contributed by atoms with Gasteiger partial charge in [-0.25, -0.2) is 14.8 Å². The second-order valence-corrected chi connectivity index (χ2v) is 5.32. The Morgan fingerprint density at radius 3 is 2.50 bits per heavy atom. The van der Waals surface area contributed by atoms with E-state index in [9.17, 15) is 9.90 Å². The number of hydrogen-bond donors (Lipinski definition) is 2. The van der Waals surface area contributed by atoms with Crippen LogP contribution in [0.15, 0.2) is 24.5 Å². The third kappa shape index (κ3) is 2.71. The van der Waals surface area contributed by atoms with Gasteiger partial charge < -0.3 is 24.6 Å². The van der Waals surface area contributed by atoms with Crippen molar-refractivity contribution in [1.29, 1.82) is 0 Å². The number of β-amino-alcohol motifs (C(OH)–C–C–N with tert-alkyl or cyclic N) is 1. The van der Waals surface area contributed by atoms with E-state index >= 15 is 0 Å². The molecular weight excluding hydrogens is 314 g/mol. The van der Waals surface area contributed by atoms with Crippen molar-refractivity contribution in [3.05, 3.63) is 41.3 Å². The van der Waals surface area contributed by atoms with Gasteiger partial charge in [-0.2, -0.15) is 0 Å². The number of fused-ring (bicyclic) bond motifs is 1. The van der Waals surface area contributed by atoms with Gasteiger partial charge in [-0.05, 0) is 12.1 Å².